The predicted octanol–water partition coefficient (Wildman–Crippen LogP) is 2.31. The first-order chi connectivity index (χ1) is 7.61. The first-order valence-corrected chi connectivity index (χ1v) is 5.91. The number of hydrogen-bond donors (Lipinski definition) is 1. The summed E-state index contributed by atoms with van der Waals surface area (Å²) < 4.78 is 0.649. The standard InChI is InChI=1S/C10H9ClN2O2S/c1-2-13-9(14)7(12-10(13)15)5-6-3-4-8(11)16-6/h3-5H,2H2,1H3,(H,12,15)/b7-5-. The van der Waals surface area contributed by atoms with Gasteiger partial charge in [-0.15, -0.1) is 11.3 Å². The number of rotatable bonds is 2. The molecule has 1 aliphatic heterocycles. The van der Waals surface area contributed by atoms with Crippen molar-refractivity contribution >= 4 is 41.0 Å². The van der Waals surface area contributed by atoms with Gasteiger partial charge < -0.3 is 5.32 Å². The van der Waals surface area contributed by atoms with Gasteiger partial charge >= 0.3 is 6.03 Å². The van der Waals surface area contributed by atoms with Crippen LogP contribution in [0.3, 0.4) is 0 Å². The van der Waals surface area contributed by atoms with E-state index in [4.69, 9.17) is 11.6 Å². The van der Waals surface area contributed by atoms with Gasteiger partial charge in [-0.05, 0) is 25.1 Å². The summed E-state index contributed by atoms with van der Waals surface area (Å²) in [6, 6.07) is 3.17. The van der Waals surface area contributed by atoms with E-state index in [0.717, 1.165) is 9.78 Å². The molecule has 2 rings (SSSR count). The van der Waals surface area contributed by atoms with Gasteiger partial charge in [-0.1, -0.05) is 11.6 Å². The Labute approximate surface area is 102 Å². The summed E-state index contributed by atoms with van der Waals surface area (Å²) in [5, 5.41) is 2.52. The zero-order chi connectivity index (χ0) is 11.7. The number of nitrogens with zero attached hydrogens (tertiary/aromatic N) is 1. The Kier molecular flexibility index (Phi) is 2.98. The molecule has 0 atom stereocenters. The molecule has 1 aliphatic rings. The molecule has 1 N–H and O–H groups in total. The lowest BCUT2D eigenvalue weighted by atomic mass is 10.3. The van der Waals surface area contributed by atoms with Crippen LogP contribution in [0.1, 0.15) is 11.8 Å². The highest BCUT2D eigenvalue weighted by molar-refractivity contribution is 7.17. The van der Waals surface area contributed by atoms with Gasteiger partial charge in [0.25, 0.3) is 5.91 Å². The first-order valence-electron chi connectivity index (χ1n) is 4.71. The number of hydrogen-bond acceptors (Lipinski definition) is 3. The van der Waals surface area contributed by atoms with Crippen molar-refractivity contribution in [1.82, 2.24) is 10.2 Å². The molecular formula is C10H9ClN2O2S. The van der Waals surface area contributed by atoms with Crippen LogP contribution in [0.25, 0.3) is 6.08 Å². The second-order valence-corrected chi connectivity index (χ2v) is 4.93. The average Bonchev–Trinajstić information content (AvgIpc) is 2.74. The van der Waals surface area contributed by atoms with Crippen LogP contribution in [0.5, 0.6) is 0 Å². The fraction of sp³-hybridized carbons (Fsp3) is 0.200. The summed E-state index contributed by atoms with van der Waals surface area (Å²) in [5.41, 5.74) is 0.297. The van der Waals surface area contributed by atoms with Crippen molar-refractivity contribution in [3.05, 3.63) is 27.0 Å². The number of thiophene rings is 1. The molecule has 84 valence electrons. The molecule has 0 saturated carbocycles. The summed E-state index contributed by atoms with van der Waals surface area (Å²) >= 11 is 7.13. The number of urea groups is 1. The largest absolute Gasteiger partial charge is 0.328 e. The molecule has 1 aromatic heterocycles. The van der Waals surface area contributed by atoms with Gasteiger partial charge in [0.2, 0.25) is 0 Å². The second kappa shape index (κ2) is 4.27. The van der Waals surface area contributed by atoms with E-state index in [1.807, 2.05) is 0 Å². The fourth-order valence-electron chi connectivity index (χ4n) is 1.41. The fourth-order valence-corrected chi connectivity index (χ4v) is 2.41. The van der Waals surface area contributed by atoms with Gasteiger partial charge in [0, 0.05) is 11.4 Å². The van der Waals surface area contributed by atoms with E-state index in [2.05, 4.69) is 5.32 Å². The molecule has 16 heavy (non-hydrogen) atoms. The van der Waals surface area contributed by atoms with Gasteiger partial charge in [-0.2, -0.15) is 0 Å². The van der Waals surface area contributed by atoms with E-state index < -0.39 is 0 Å². The molecule has 0 bridgehead atoms. The Balaban J connectivity index is 2.27. The molecule has 2 heterocycles. The highest BCUT2D eigenvalue weighted by Crippen LogP contribution is 2.24. The lowest BCUT2D eigenvalue weighted by Crippen LogP contribution is -2.30. The van der Waals surface area contributed by atoms with Crippen LogP contribution in [0.4, 0.5) is 4.79 Å². The van der Waals surface area contributed by atoms with Crippen molar-refractivity contribution in [2.75, 3.05) is 6.54 Å². The lowest BCUT2D eigenvalue weighted by molar-refractivity contribution is -0.122. The number of carbonyl (C=O) groups is 2. The molecule has 0 unspecified atom stereocenters. The van der Waals surface area contributed by atoms with Crippen LogP contribution in [-0.4, -0.2) is 23.4 Å². The van der Waals surface area contributed by atoms with Crippen molar-refractivity contribution in [3.63, 3.8) is 0 Å². The molecule has 6 heteroatoms. The summed E-state index contributed by atoms with van der Waals surface area (Å²) in [6.45, 7) is 2.12. The minimum atomic E-state index is -0.374. The van der Waals surface area contributed by atoms with E-state index in [0.29, 0.717) is 16.6 Å². The topological polar surface area (TPSA) is 49.4 Å². The quantitative estimate of drug-likeness (QED) is 0.652. The van der Waals surface area contributed by atoms with Crippen LogP contribution in [0.15, 0.2) is 17.8 Å². The summed E-state index contributed by atoms with van der Waals surface area (Å²) in [7, 11) is 0. The number of carbonyl (C=O) groups excluding carboxylic acids is 2. The highest BCUT2D eigenvalue weighted by Gasteiger charge is 2.31. The summed E-state index contributed by atoms with van der Waals surface area (Å²) in [5.74, 6) is -0.294. The van der Waals surface area contributed by atoms with Gasteiger partial charge in [0.15, 0.2) is 0 Å². The Hall–Kier alpha value is -1.33. The molecule has 1 aromatic rings. The van der Waals surface area contributed by atoms with Crippen molar-refractivity contribution in [2.45, 2.75) is 6.92 Å². The first kappa shape index (κ1) is 11.2. The Morgan fingerprint density at radius 2 is 2.25 bits per heavy atom. The van der Waals surface area contributed by atoms with Crippen LogP contribution in [0.2, 0.25) is 4.34 Å². The van der Waals surface area contributed by atoms with Gasteiger partial charge in [-0.25, -0.2) is 4.79 Å². The maximum Gasteiger partial charge on any atom is 0.328 e. The third-order valence-electron chi connectivity index (χ3n) is 2.16. The van der Waals surface area contributed by atoms with Crippen molar-refractivity contribution in [3.8, 4) is 0 Å². The maximum absolute atomic E-state index is 11.7. The molecule has 0 aliphatic carbocycles. The number of halogens is 1. The minimum Gasteiger partial charge on any atom is -0.303 e. The van der Waals surface area contributed by atoms with E-state index in [-0.39, 0.29) is 11.9 Å². The lowest BCUT2D eigenvalue weighted by Gasteiger charge is -2.05. The monoisotopic (exact) mass is 256 g/mol. The van der Waals surface area contributed by atoms with Gasteiger partial charge in [0.05, 0.1) is 4.34 Å². The van der Waals surface area contributed by atoms with Gasteiger partial charge in [-0.3, -0.25) is 9.69 Å². The smallest absolute Gasteiger partial charge is 0.303 e. The average molecular weight is 257 g/mol. The summed E-state index contributed by atoms with van der Waals surface area (Å²) in [6.07, 6.45) is 1.63. The molecule has 0 radical (unpaired) electrons. The van der Waals surface area contributed by atoms with E-state index in [9.17, 15) is 9.59 Å². The van der Waals surface area contributed by atoms with E-state index >= 15 is 0 Å². The number of imide groups is 1. The van der Waals surface area contributed by atoms with E-state index in [1.54, 1.807) is 25.1 Å². The minimum absolute atomic E-state index is 0.294. The van der Waals surface area contributed by atoms with Crippen LogP contribution in [0, 0.1) is 0 Å². The molecule has 1 saturated heterocycles. The van der Waals surface area contributed by atoms with Crippen molar-refractivity contribution < 1.29 is 9.59 Å². The number of amides is 3. The maximum atomic E-state index is 11.7. The molecule has 0 aromatic carbocycles. The number of nitrogens with one attached hydrogen (secondary N) is 1. The van der Waals surface area contributed by atoms with Crippen LogP contribution < -0.4 is 5.32 Å². The molecule has 3 amide bonds. The second-order valence-electron chi connectivity index (χ2n) is 3.18. The third kappa shape index (κ3) is 1.96. The summed E-state index contributed by atoms with van der Waals surface area (Å²) in [4.78, 5) is 25.0. The normalized spacial score (nSPS) is 18.4. The highest BCUT2D eigenvalue weighted by atomic mass is 35.5. The number of likely N-dealkylation sites (N-methyl/N-ethyl adjacent to an activating group) is 1. The molecule has 0 spiro atoms. The van der Waals surface area contributed by atoms with E-state index in [1.165, 1.54) is 11.3 Å². The molecule has 1 fully saturated rings. The Bertz CT molecular complexity index is 481. The van der Waals surface area contributed by atoms with Crippen molar-refractivity contribution in [2.24, 2.45) is 0 Å². The predicted molar refractivity (Wildman–Crippen MR) is 63.2 cm³/mol. The van der Waals surface area contributed by atoms with Crippen molar-refractivity contribution in [1.29, 1.82) is 0 Å². The SMILES string of the molecule is CCN1C(=O)N/C(=C\c2ccc(Cl)s2)C1=O. The zero-order valence-electron chi connectivity index (χ0n) is 8.49. The van der Waals surface area contributed by atoms with Gasteiger partial charge in [0.1, 0.15) is 5.70 Å². The molecule has 4 nitrogen and oxygen atoms in total. The van der Waals surface area contributed by atoms with Crippen LogP contribution >= 0.6 is 22.9 Å². The zero-order valence-corrected chi connectivity index (χ0v) is 10.1. The van der Waals surface area contributed by atoms with Crippen LogP contribution in [-0.2, 0) is 4.79 Å². The Morgan fingerprint density at radius 1 is 1.50 bits per heavy atom. The molecular weight excluding hydrogens is 248 g/mol. The Morgan fingerprint density at radius 3 is 2.75 bits per heavy atom. The third-order valence-corrected chi connectivity index (χ3v) is 3.34.